The predicted octanol–water partition coefficient (Wildman–Crippen LogP) is 2.72. The van der Waals surface area contributed by atoms with Crippen molar-refractivity contribution < 1.29 is 9.59 Å². The van der Waals surface area contributed by atoms with Crippen LogP contribution in [0.3, 0.4) is 0 Å². The van der Waals surface area contributed by atoms with Gasteiger partial charge in [-0.15, -0.1) is 0 Å². The van der Waals surface area contributed by atoms with Crippen molar-refractivity contribution in [1.29, 1.82) is 0 Å². The van der Waals surface area contributed by atoms with Crippen molar-refractivity contribution in [3.05, 3.63) is 0 Å². The van der Waals surface area contributed by atoms with Crippen molar-refractivity contribution in [1.82, 2.24) is 10.2 Å². The lowest BCUT2D eigenvalue weighted by Gasteiger charge is -2.39. The minimum Gasteiger partial charge on any atom is -0.343 e. The molecule has 2 unspecified atom stereocenters. The largest absolute Gasteiger partial charge is 0.343 e. The van der Waals surface area contributed by atoms with Crippen LogP contribution in [0.15, 0.2) is 0 Å². The third-order valence-electron chi connectivity index (χ3n) is 3.93. The van der Waals surface area contributed by atoms with Gasteiger partial charge < -0.3 is 10.2 Å². The molecule has 1 aliphatic heterocycles. The SMILES string of the molecule is CCCCCCN1C(=O)C(CC)NC(=O)C1CC(C)C. The van der Waals surface area contributed by atoms with E-state index < -0.39 is 0 Å². The molecule has 4 heteroatoms. The lowest BCUT2D eigenvalue weighted by Crippen LogP contribution is -2.63. The van der Waals surface area contributed by atoms with E-state index >= 15 is 0 Å². The van der Waals surface area contributed by atoms with E-state index in [9.17, 15) is 9.59 Å². The fourth-order valence-electron chi connectivity index (χ4n) is 2.76. The van der Waals surface area contributed by atoms with Crippen molar-refractivity contribution in [2.45, 2.75) is 78.3 Å². The fourth-order valence-corrected chi connectivity index (χ4v) is 2.76. The highest BCUT2D eigenvalue weighted by atomic mass is 16.2. The van der Waals surface area contributed by atoms with Gasteiger partial charge in [0.05, 0.1) is 0 Å². The van der Waals surface area contributed by atoms with Crippen molar-refractivity contribution in [3.8, 4) is 0 Å². The van der Waals surface area contributed by atoms with Crippen LogP contribution in [0.2, 0.25) is 0 Å². The summed E-state index contributed by atoms with van der Waals surface area (Å²) in [5, 5.41) is 2.87. The zero-order chi connectivity index (χ0) is 15.1. The predicted molar refractivity (Wildman–Crippen MR) is 81.3 cm³/mol. The Balaban J connectivity index is 2.72. The molecule has 116 valence electrons. The molecule has 2 amide bonds. The monoisotopic (exact) mass is 282 g/mol. The molecule has 0 saturated carbocycles. The molecule has 1 N–H and O–H groups in total. The second kappa shape index (κ2) is 8.28. The van der Waals surface area contributed by atoms with Crippen LogP contribution >= 0.6 is 0 Å². The van der Waals surface area contributed by atoms with Gasteiger partial charge in [0.25, 0.3) is 0 Å². The lowest BCUT2D eigenvalue weighted by molar-refractivity contribution is -0.150. The van der Waals surface area contributed by atoms with E-state index in [1.807, 2.05) is 11.8 Å². The Morgan fingerprint density at radius 1 is 1.15 bits per heavy atom. The van der Waals surface area contributed by atoms with Gasteiger partial charge in [-0.05, 0) is 25.2 Å². The number of amides is 2. The number of rotatable bonds is 8. The van der Waals surface area contributed by atoms with Gasteiger partial charge in [-0.3, -0.25) is 9.59 Å². The Bertz CT molecular complexity index is 328. The third kappa shape index (κ3) is 4.50. The van der Waals surface area contributed by atoms with E-state index in [0.29, 0.717) is 12.3 Å². The molecule has 0 aromatic rings. The summed E-state index contributed by atoms with van der Waals surface area (Å²) in [5.74, 6) is 0.546. The van der Waals surface area contributed by atoms with Gasteiger partial charge >= 0.3 is 0 Å². The number of carbonyl (C=O) groups excluding carboxylic acids is 2. The molecule has 0 bridgehead atoms. The van der Waals surface area contributed by atoms with Crippen LogP contribution in [0.5, 0.6) is 0 Å². The standard InChI is InChI=1S/C16H30N2O2/c1-5-7-8-9-10-18-14(11-12(3)4)15(19)17-13(6-2)16(18)20/h12-14H,5-11H2,1-4H3,(H,17,19). The van der Waals surface area contributed by atoms with E-state index in [1.54, 1.807) is 0 Å². The van der Waals surface area contributed by atoms with Gasteiger partial charge in [-0.2, -0.15) is 0 Å². The summed E-state index contributed by atoms with van der Waals surface area (Å²) >= 11 is 0. The average molecular weight is 282 g/mol. The van der Waals surface area contributed by atoms with Crippen molar-refractivity contribution in [3.63, 3.8) is 0 Å². The van der Waals surface area contributed by atoms with Crippen LogP contribution < -0.4 is 5.32 Å². The molecule has 1 heterocycles. The topological polar surface area (TPSA) is 49.4 Å². The Hall–Kier alpha value is -1.06. The minimum atomic E-state index is -0.322. The molecule has 0 aromatic carbocycles. The van der Waals surface area contributed by atoms with Gasteiger partial charge in [0, 0.05) is 6.54 Å². The van der Waals surface area contributed by atoms with Gasteiger partial charge in [-0.25, -0.2) is 0 Å². The highest BCUT2D eigenvalue weighted by Crippen LogP contribution is 2.19. The molecule has 0 spiro atoms. The number of nitrogens with zero attached hydrogens (tertiary/aromatic N) is 1. The summed E-state index contributed by atoms with van der Waals surface area (Å²) in [6.07, 6.45) is 5.93. The van der Waals surface area contributed by atoms with Gasteiger partial charge in [-0.1, -0.05) is 47.0 Å². The molecule has 4 nitrogen and oxygen atoms in total. The first-order valence-corrected chi connectivity index (χ1v) is 8.12. The van der Waals surface area contributed by atoms with E-state index in [2.05, 4.69) is 26.1 Å². The van der Waals surface area contributed by atoms with Crippen LogP contribution in [0.25, 0.3) is 0 Å². The molecule has 0 aliphatic carbocycles. The zero-order valence-electron chi connectivity index (χ0n) is 13.4. The molecular weight excluding hydrogens is 252 g/mol. The summed E-state index contributed by atoms with van der Waals surface area (Å²) in [4.78, 5) is 26.5. The first kappa shape index (κ1) is 17.0. The van der Waals surface area contributed by atoms with Crippen molar-refractivity contribution in [2.24, 2.45) is 5.92 Å². The molecule has 1 rings (SSSR count). The average Bonchev–Trinajstić information content (AvgIpc) is 2.40. The maximum atomic E-state index is 12.5. The molecule has 2 atom stereocenters. The zero-order valence-corrected chi connectivity index (χ0v) is 13.4. The second-order valence-corrected chi connectivity index (χ2v) is 6.21. The van der Waals surface area contributed by atoms with Crippen molar-refractivity contribution in [2.75, 3.05) is 6.54 Å². The van der Waals surface area contributed by atoms with Gasteiger partial charge in [0.2, 0.25) is 11.8 Å². The highest BCUT2D eigenvalue weighted by molar-refractivity contribution is 5.96. The molecule has 0 radical (unpaired) electrons. The fraction of sp³-hybridized carbons (Fsp3) is 0.875. The molecule has 20 heavy (non-hydrogen) atoms. The van der Waals surface area contributed by atoms with E-state index in [1.165, 1.54) is 12.8 Å². The number of unbranched alkanes of at least 4 members (excludes halogenated alkanes) is 3. The Labute approximate surface area is 123 Å². The summed E-state index contributed by atoms with van der Waals surface area (Å²) in [6, 6.07) is -0.594. The summed E-state index contributed by atoms with van der Waals surface area (Å²) in [5.41, 5.74) is 0. The van der Waals surface area contributed by atoms with Crippen molar-refractivity contribution >= 4 is 11.8 Å². The van der Waals surface area contributed by atoms with Gasteiger partial charge in [0.1, 0.15) is 12.1 Å². The second-order valence-electron chi connectivity index (χ2n) is 6.21. The van der Waals surface area contributed by atoms with E-state index in [0.717, 1.165) is 25.8 Å². The summed E-state index contributed by atoms with van der Waals surface area (Å²) < 4.78 is 0. The molecule has 1 fully saturated rings. The van der Waals surface area contributed by atoms with E-state index in [-0.39, 0.29) is 23.9 Å². The number of hydrogen-bond donors (Lipinski definition) is 1. The first-order valence-electron chi connectivity index (χ1n) is 8.12. The third-order valence-corrected chi connectivity index (χ3v) is 3.93. The Morgan fingerprint density at radius 2 is 1.85 bits per heavy atom. The molecular formula is C16H30N2O2. The van der Waals surface area contributed by atoms with Crippen LogP contribution in [0.1, 0.15) is 66.2 Å². The Morgan fingerprint density at radius 3 is 2.40 bits per heavy atom. The number of nitrogens with one attached hydrogen (secondary N) is 1. The van der Waals surface area contributed by atoms with Crippen LogP contribution in [-0.2, 0) is 9.59 Å². The van der Waals surface area contributed by atoms with Gasteiger partial charge in [0.15, 0.2) is 0 Å². The summed E-state index contributed by atoms with van der Waals surface area (Å²) in [6.45, 7) is 9.03. The summed E-state index contributed by atoms with van der Waals surface area (Å²) in [7, 11) is 0. The first-order chi connectivity index (χ1) is 9.51. The lowest BCUT2D eigenvalue weighted by atomic mass is 9.96. The highest BCUT2D eigenvalue weighted by Gasteiger charge is 2.39. The molecule has 0 aromatic heterocycles. The normalized spacial score (nSPS) is 23.4. The molecule has 1 aliphatic rings. The van der Waals surface area contributed by atoms with E-state index in [4.69, 9.17) is 0 Å². The molecule has 1 saturated heterocycles. The Kier molecular flexibility index (Phi) is 7.03. The quantitative estimate of drug-likeness (QED) is 0.696. The number of hydrogen-bond acceptors (Lipinski definition) is 2. The van der Waals surface area contributed by atoms with Crippen LogP contribution in [-0.4, -0.2) is 35.3 Å². The maximum Gasteiger partial charge on any atom is 0.245 e. The smallest absolute Gasteiger partial charge is 0.245 e. The van der Waals surface area contributed by atoms with Crippen LogP contribution in [0, 0.1) is 5.92 Å². The number of piperazine rings is 1. The van der Waals surface area contributed by atoms with Crippen LogP contribution in [0.4, 0.5) is 0 Å². The maximum absolute atomic E-state index is 12.5. The minimum absolute atomic E-state index is 0.0284. The number of carbonyl (C=O) groups is 2.